The molecule has 1 saturated heterocycles. The number of rotatable bonds is 10. The van der Waals surface area contributed by atoms with E-state index in [1.165, 1.54) is 17.1 Å². The molecular formula is C31H43NO6S. The molecule has 1 fully saturated rings. The fourth-order valence-corrected chi connectivity index (χ4v) is 6.94. The van der Waals surface area contributed by atoms with E-state index >= 15 is 0 Å². The van der Waals surface area contributed by atoms with Crippen LogP contribution < -0.4 is 0 Å². The largest absolute Gasteiger partial charge is 0.445 e. The van der Waals surface area contributed by atoms with Crippen molar-refractivity contribution in [2.45, 2.75) is 95.5 Å². The predicted molar refractivity (Wildman–Crippen MR) is 154 cm³/mol. The first-order chi connectivity index (χ1) is 18.3. The fourth-order valence-electron chi connectivity index (χ4n) is 4.90. The van der Waals surface area contributed by atoms with Gasteiger partial charge in [0.2, 0.25) is 0 Å². The summed E-state index contributed by atoms with van der Waals surface area (Å²) in [5.74, 6) is -0.262. The van der Waals surface area contributed by atoms with Crippen LogP contribution in [-0.2, 0) is 21.2 Å². The second-order valence-electron chi connectivity index (χ2n) is 11.3. The van der Waals surface area contributed by atoms with Gasteiger partial charge in [-0.1, -0.05) is 96.2 Å². The molecule has 1 aliphatic rings. The van der Waals surface area contributed by atoms with Crippen LogP contribution in [0.25, 0.3) is 0 Å². The molecule has 3 atom stereocenters. The van der Waals surface area contributed by atoms with E-state index in [0.717, 1.165) is 22.3 Å². The number of carbonyl (C=O) groups is 1. The molecule has 1 amide bonds. The van der Waals surface area contributed by atoms with E-state index in [2.05, 4.69) is 13.8 Å². The van der Waals surface area contributed by atoms with Gasteiger partial charge < -0.3 is 14.9 Å². The molecule has 1 aliphatic heterocycles. The summed E-state index contributed by atoms with van der Waals surface area (Å²) in [6, 6.07) is 12.5. The highest BCUT2D eigenvalue weighted by Crippen LogP contribution is 2.36. The molecule has 0 unspecified atom stereocenters. The maximum Gasteiger partial charge on any atom is 0.410 e. The number of amides is 1. The number of carbonyl (C=O) groups excluding carboxylic acids is 1. The van der Waals surface area contributed by atoms with Crippen LogP contribution in [0, 0.1) is 0 Å². The molecule has 0 radical (unpaired) electrons. The second kappa shape index (κ2) is 13.1. The molecule has 2 aromatic carbocycles. The summed E-state index contributed by atoms with van der Waals surface area (Å²) in [6.45, 7) is 12.5. The van der Waals surface area contributed by atoms with Crippen molar-refractivity contribution in [1.29, 1.82) is 0 Å². The van der Waals surface area contributed by atoms with Crippen molar-refractivity contribution in [3.8, 4) is 0 Å². The zero-order valence-electron chi connectivity index (χ0n) is 23.9. The van der Waals surface area contributed by atoms with Gasteiger partial charge in [-0.25, -0.2) is 13.2 Å². The molecule has 7 nitrogen and oxygen atoms in total. The van der Waals surface area contributed by atoms with Gasteiger partial charge in [0.15, 0.2) is 9.84 Å². The van der Waals surface area contributed by atoms with Gasteiger partial charge in [-0.2, -0.15) is 0 Å². The number of aliphatic hydroxyl groups is 2. The zero-order chi connectivity index (χ0) is 28.9. The Labute approximate surface area is 233 Å². The second-order valence-corrected chi connectivity index (χ2v) is 13.3. The molecule has 0 aromatic heterocycles. The number of sulfone groups is 1. The Morgan fingerprint density at radius 3 is 2.15 bits per heavy atom. The minimum absolute atomic E-state index is 0.0113. The Kier molecular flexibility index (Phi) is 10.4. The standard InChI is InChI=1S/C31H43NO6S/c1-20(2)24-16-26(21(3)4)30(27(17-24)22(5)6)39(36,37)19-25(33)12-13-28-29(34)14-15-32(28)31(35)38-18-23-10-8-7-9-11-23/h7-13,16-17,20-22,25,28-29,33-34H,14-15,18-19H2,1-6H3/b13-12+/t25-,28-,29-/m0/s1. The highest BCUT2D eigenvalue weighted by Gasteiger charge is 2.36. The molecule has 2 aromatic rings. The average Bonchev–Trinajstić information content (AvgIpc) is 3.25. The topological polar surface area (TPSA) is 104 Å². The molecule has 1 heterocycles. The number of nitrogens with zero attached hydrogens (tertiary/aromatic N) is 1. The third-order valence-corrected chi connectivity index (χ3v) is 9.04. The van der Waals surface area contributed by atoms with E-state index in [4.69, 9.17) is 4.74 Å². The van der Waals surface area contributed by atoms with Crippen LogP contribution >= 0.6 is 0 Å². The normalized spacial score (nSPS) is 19.0. The molecule has 0 saturated carbocycles. The molecule has 2 N–H and O–H groups in total. The van der Waals surface area contributed by atoms with Gasteiger partial charge in [-0.3, -0.25) is 4.90 Å². The summed E-state index contributed by atoms with van der Waals surface area (Å²) >= 11 is 0. The summed E-state index contributed by atoms with van der Waals surface area (Å²) < 4.78 is 32.8. The van der Waals surface area contributed by atoms with Crippen LogP contribution in [0.5, 0.6) is 0 Å². The van der Waals surface area contributed by atoms with Gasteiger partial charge in [0.25, 0.3) is 0 Å². The molecule has 0 spiro atoms. The quantitative estimate of drug-likeness (QED) is 0.373. The van der Waals surface area contributed by atoms with Crippen molar-refractivity contribution in [2.24, 2.45) is 0 Å². The van der Waals surface area contributed by atoms with Crippen LogP contribution in [0.15, 0.2) is 59.5 Å². The minimum Gasteiger partial charge on any atom is -0.445 e. The zero-order valence-corrected chi connectivity index (χ0v) is 24.7. The van der Waals surface area contributed by atoms with E-state index in [1.54, 1.807) is 0 Å². The van der Waals surface area contributed by atoms with Crippen molar-refractivity contribution in [3.05, 3.63) is 76.9 Å². The summed E-state index contributed by atoms with van der Waals surface area (Å²) in [5.41, 5.74) is 3.47. The maximum atomic E-state index is 13.7. The van der Waals surface area contributed by atoms with E-state index in [9.17, 15) is 23.4 Å². The summed E-state index contributed by atoms with van der Waals surface area (Å²) in [7, 11) is -3.85. The first-order valence-electron chi connectivity index (χ1n) is 13.7. The van der Waals surface area contributed by atoms with Gasteiger partial charge in [0.1, 0.15) is 6.61 Å². The monoisotopic (exact) mass is 557 g/mol. The van der Waals surface area contributed by atoms with Crippen LogP contribution in [0.3, 0.4) is 0 Å². The smallest absolute Gasteiger partial charge is 0.410 e. The number of ether oxygens (including phenoxy) is 1. The van der Waals surface area contributed by atoms with Crippen LogP contribution in [0.1, 0.15) is 88.0 Å². The first-order valence-corrected chi connectivity index (χ1v) is 15.4. The third-order valence-electron chi connectivity index (χ3n) is 7.17. The van der Waals surface area contributed by atoms with E-state index in [-0.39, 0.29) is 24.4 Å². The molecule has 214 valence electrons. The fraction of sp³-hybridized carbons (Fsp3) is 0.516. The van der Waals surface area contributed by atoms with Crippen LogP contribution in [-0.4, -0.2) is 60.2 Å². The SMILES string of the molecule is CC(C)c1cc(C(C)C)c(S(=O)(=O)C[C@@H](O)/C=C/[C@H]2[C@@H](O)CCN2C(=O)OCc2ccccc2)c(C(C)C)c1. The number of aliphatic hydroxyl groups excluding tert-OH is 2. The van der Waals surface area contributed by atoms with Gasteiger partial charge >= 0.3 is 6.09 Å². The highest BCUT2D eigenvalue weighted by molar-refractivity contribution is 7.91. The lowest BCUT2D eigenvalue weighted by Crippen LogP contribution is -2.38. The predicted octanol–water partition coefficient (Wildman–Crippen LogP) is 5.52. The van der Waals surface area contributed by atoms with Crippen molar-refractivity contribution in [2.75, 3.05) is 12.3 Å². The van der Waals surface area contributed by atoms with E-state index < -0.39 is 39.9 Å². The Balaban J connectivity index is 1.78. The number of benzene rings is 2. The number of hydrogen-bond donors (Lipinski definition) is 2. The van der Waals surface area contributed by atoms with Crippen molar-refractivity contribution in [1.82, 2.24) is 4.90 Å². The first kappa shape index (κ1) is 30.9. The Morgan fingerprint density at radius 1 is 1.03 bits per heavy atom. The van der Waals surface area contributed by atoms with E-state index in [0.29, 0.717) is 17.9 Å². The maximum absolute atomic E-state index is 13.7. The number of hydrogen-bond acceptors (Lipinski definition) is 6. The lowest BCUT2D eigenvalue weighted by atomic mass is 9.89. The molecule has 39 heavy (non-hydrogen) atoms. The van der Waals surface area contributed by atoms with Gasteiger partial charge in [0.05, 0.1) is 28.9 Å². The highest BCUT2D eigenvalue weighted by atomic mass is 32.2. The van der Waals surface area contributed by atoms with Crippen molar-refractivity contribution >= 4 is 15.9 Å². The lowest BCUT2D eigenvalue weighted by Gasteiger charge is -2.24. The minimum atomic E-state index is -3.85. The molecule has 0 aliphatic carbocycles. The Morgan fingerprint density at radius 2 is 1.62 bits per heavy atom. The lowest BCUT2D eigenvalue weighted by molar-refractivity contribution is 0.0831. The molecule has 8 heteroatoms. The molecule has 3 rings (SSSR count). The molecular weight excluding hydrogens is 514 g/mol. The van der Waals surface area contributed by atoms with Crippen molar-refractivity contribution in [3.63, 3.8) is 0 Å². The Hall–Kier alpha value is -2.68. The van der Waals surface area contributed by atoms with Crippen LogP contribution in [0.4, 0.5) is 4.79 Å². The van der Waals surface area contributed by atoms with Gasteiger partial charge in [-0.05, 0) is 46.4 Å². The summed E-state index contributed by atoms with van der Waals surface area (Å²) in [6.07, 6.45) is 0.520. The average molecular weight is 558 g/mol. The Bertz CT molecular complexity index is 1220. The van der Waals surface area contributed by atoms with Gasteiger partial charge in [-0.15, -0.1) is 0 Å². The number of likely N-dealkylation sites (tertiary alicyclic amines) is 1. The van der Waals surface area contributed by atoms with Gasteiger partial charge in [0, 0.05) is 6.54 Å². The summed E-state index contributed by atoms with van der Waals surface area (Å²) in [5, 5.41) is 21.3. The van der Waals surface area contributed by atoms with Crippen LogP contribution in [0.2, 0.25) is 0 Å². The third kappa shape index (κ3) is 7.71. The van der Waals surface area contributed by atoms with Crippen molar-refractivity contribution < 1.29 is 28.2 Å². The molecule has 0 bridgehead atoms. The summed E-state index contributed by atoms with van der Waals surface area (Å²) in [4.78, 5) is 14.4. The van der Waals surface area contributed by atoms with E-state index in [1.807, 2.05) is 70.2 Å².